The van der Waals surface area contributed by atoms with Gasteiger partial charge in [-0.15, -0.1) is 0 Å². The Morgan fingerprint density at radius 2 is 1.67 bits per heavy atom. The fourth-order valence-corrected chi connectivity index (χ4v) is 5.01. The average molecular weight is 494 g/mol. The second-order valence-corrected chi connectivity index (χ2v) is 9.03. The summed E-state index contributed by atoms with van der Waals surface area (Å²) >= 11 is 0. The van der Waals surface area contributed by atoms with E-state index >= 15 is 0 Å². The number of imide groups is 1. The number of ether oxygens (including phenoxy) is 2. The van der Waals surface area contributed by atoms with Crippen LogP contribution >= 0.6 is 0 Å². The maximum absolute atomic E-state index is 13.8. The maximum atomic E-state index is 13.8. The van der Waals surface area contributed by atoms with Crippen LogP contribution in [0, 0.1) is 0 Å². The topological polar surface area (TPSA) is 96.5 Å². The van der Waals surface area contributed by atoms with Gasteiger partial charge in [-0.1, -0.05) is 36.4 Å². The fraction of sp³-hybridized carbons (Fsp3) is 0.407. The zero-order chi connectivity index (χ0) is 25.7. The van der Waals surface area contributed by atoms with Crippen LogP contribution in [0.2, 0.25) is 0 Å². The minimum atomic E-state index is -1.40. The lowest BCUT2D eigenvalue weighted by Gasteiger charge is -2.36. The van der Waals surface area contributed by atoms with Gasteiger partial charge in [-0.25, -0.2) is 0 Å². The number of para-hydroxylation sites is 2. The Kier molecular flexibility index (Phi) is 7.69. The molecule has 0 bridgehead atoms. The highest BCUT2D eigenvalue weighted by Gasteiger charge is 2.55. The van der Waals surface area contributed by atoms with Gasteiger partial charge < -0.3 is 19.3 Å². The van der Waals surface area contributed by atoms with Crippen molar-refractivity contribution in [2.75, 3.05) is 51.9 Å². The maximum Gasteiger partial charge on any atom is 0.246 e. The molecule has 2 aromatic carbocycles. The Hall–Kier alpha value is -3.72. The van der Waals surface area contributed by atoms with E-state index in [4.69, 9.17) is 9.47 Å². The van der Waals surface area contributed by atoms with E-state index in [1.807, 2.05) is 30.3 Å². The largest absolute Gasteiger partial charge is 0.496 e. The molecule has 0 aliphatic carbocycles. The van der Waals surface area contributed by atoms with Gasteiger partial charge in [0, 0.05) is 57.4 Å². The van der Waals surface area contributed by atoms with Crippen molar-refractivity contribution >= 4 is 29.3 Å². The molecule has 4 rings (SSSR count). The van der Waals surface area contributed by atoms with E-state index in [2.05, 4.69) is 0 Å². The number of carbonyl (C=O) groups excluding carboxylic acids is 4. The lowest BCUT2D eigenvalue weighted by Crippen LogP contribution is -2.54. The molecule has 0 radical (unpaired) electrons. The number of amides is 4. The lowest BCUT2D eigenvalue weighted by molar-refractivity contribution is -0.143. The van der Waals surface area contributed by atoms with Crippen molar-refractivity contribution in [3.8, 4) is 5.75 Å². The van der Waals surface area contributed by atoms with Gasteiger partial charge in [0.25, 0.3) is 0 Å². The van der Waals surface area contributed by atoms with Crippen LogP contribution in [0.1, 0.15) is 24.8 Å². The summed E-state index contributed by atoms with van der Waals surface area (Å²) in [5, 5.41) is 0. The average Bonchev–Trinajstić information content (AvgIpc) is 3.13. The summed E-state index contributed by atoms with van der Waals surface area (Å²) in [5.74, 6) is -0.852. The Morgan fingerprint density at radius 3 is 2.36 bits per heavy atom. The zero-order valence-corrected chi connectivity index (χ0v) is 20.6. The highest BCUT2D eigenvalue weighted by molar-refractivity contribution is 6.11. The van der Waals surface area contributed by atoms with Crippen LogP contribution in [0.4, 0.5) is 5.69 Å². The molecule has 2 fully saturated rings. The summed E-state index contributed by atoms with van der Waals surface area (Å²) in [7, 11) is 3.05. The Labute approximate surface area is 210 Å². The van der Waals surface area contributed by atoms with Crippen molar-refractivity contribution in [2.45, 2.75) is 24.7 Å². The number of rotatable bonds is 9. The summed E-state index contributed by atoms with van der Waals surface area (Å²) in [4.78, 5) is 57.6. The smallest absolute Gasteiger partial charge is 0.246 e. The molecule has 1 atom stereocenters. The molecule has 0 aromatic heterocycles. The second kappa shape index (κ2) is 10.9. The molecule has 9 nitrogen and oxygen atoms in total. The molecule has 9 heteroatoms. The second-order valence-electron chi connectivity index (χ2n) is 9.03. The van der Waals surface area contributed by atoms with E-state index in [1.165, 1.54) is 16.9 Å². The lowest BCUT2D eigenvalue weighted by atomic mass is 9.75. The van der Waals surface area contributed by atoms with Crippen LogP contribution in [0.25, 0.3) is 0 Å². The highest BCUT2D eigenvalue weighted by atomic mass is 16.5. The molecule has 4 amide bonds. The molecule has 0 spiro atoms. The first-order valence-electron chi connectivity index (χ1n) is 12.0. The van der Waals surface area contributed by atoms with Crippen LogP contribution in [-0.2, 0) is 29.3 Å². The molecule has 36 heavy (non-hydrogen) atoms. The fourth-order valence-electron chi connectivity index (χ4n) is 5.01. The summed E-state index contributed by atoms with van der Waals surface area (Å²) in [6.07, 6.45) is 0.139. The number of anilines is 1. The Morgan fingerprint density at radius 1 is 0.944 bits per heavy atom. The van der Waals surface area contributed by atoms with E-state index in [0.29, 0.717) is 37.4 Å². The molecule has 2 saturated heterocycles. The number of hydrogen-bond donors (Lipinski definition) is 0. The zero-order valence-electron chi connectivity index (χ0n) is 20.6. The summed E-state index contributed by atoms with van der Waals surface area (Å²) in [6, 6.07) is 16.3. The predicted octanol–water partition coefficient (Wildman–Crippen LogP) is 1.99. The Bertz CT molecular complexity index is 1140. The third-order valence-corrected chi connectivity index (χ3v) is 6.86. The molecule has 0 saturated carbocycles. The van der Waals surface area contributed by atoms with Crippen molar-refractivity contribution < 1.29 is 28.7 Å². The first kappa shape index (κ1) is 25.4. The number of benzene rings is 2. The normalized spacial score (nSPS) is 20.3. The molecule has 2 aliphatic heterocycles. The van der Waals surface area contributed by atoms with Crippen LogP contribution < -0.4 is 9.64 Å². The quantitative estimate of drug-likeness (QED) is 0.392. The number of nitrogens with zero attached hydrogens (tertiary/aromatic N) is 3. The van der Waals surface area contributed by atoms with E-state index in [0.717, 1.165) is 5.69 Å². The van der Waals surface area contributed by atoms with Crippen LogP contribution in [0.3, 0.4) is 0 Å². The molecule has 0 N–H and O–H groups in total. The van der Waals surface area contributed by atoms with Crippen molar-refractivity contribution in [2.24, 2.45) is 0 Å². The van der Waals surface area contributed by atoms with Crippen molar-refractivity contribution in [1.82, 2.24) is 9.80 Å². The molecule has 0 unspecified atom stereocenters. The molecular weight excluding hydrogens is 462 g/mol. The van der Waals surface area contributed by atoms with Crippen LogP contribution in [0.5, 0.6) is 5.75 Å². The van der Waals surface area contributed by atoms with Crippen molar-refractivity contribution in [3.63, 3.8) is 0 Å². The molecule has 2 aromatic rings. The van der Waals surface area contributed by atoms with Gasteiger partial charge in [-0.05, 0) is 24.6 Å². The third kappa shape index (κ3) is 4.83. The Balaban J connectivity index is 1.59. The van der Waals surface area contributed by atoms with Gasteiger partial charge in [-0.3, -0.25) is 24.1 Å². The van der Waals surface area contributed by atoms with Crippen molar-refractivity contribution in [3.05, 3.63) is 60.2 Å². The monoisotopic (exact) mass is 493 g/mol. The van der Waals surface area contributed by atoms with E-state index in [-0.39, 0.29) is 43.7 Å². The summed E-state index contributed by atoms with van der Waals surface area (Å²) < 4.78 is 10.6. The van der Waals surface area contributed by atoms with Crippen LogP contribution in [-0.4, -0.2) is 80.4 Å². The number of hydrogen-bond acceptors (Lipinski definition) is 6. The number of carbonyl (C=O) groups is 4. The van der Waals surface area contributed by atoms with Gasteiger partial charge in [0.2, 0.25) is 23.6 Å². The first-order chi connectivity index (χ1) is 17.4. The molecule has 2 aliphatic rings. The summed E-state index contributed by atoms with van der Waals surface area (Å²) in [5.41, 5.74) is -0.112. The first-order valence-corrected chi connectivity index (χ1v) is 12.0. The molecular formula is C27H31N3O6. The minimum absolute atomic E-state index is 0.0879. The minimum Gasteiger partial charge on any atom is -0.496 e. The van der Waals surface area contributed by atoms with Gasteiger partial charge >= 0.3 is 0 Å². The van der Waals surface area contributed by atoms with E-state index in [9.17, 15) is 19.2 Å². The molecule has 190 valence electrons. The van der Waals surface area contributed by atoms with Gasteiger partial charge in [0.15, 0.2) is 0 Å². The summed E-state index contributed by atoms with van der Waals surface area (Å²) in [6.45, 7) is 1.22. The third-order valence-electron chi connectivity index (χ3n) is 6.86. The van der Waals surface area contributed by atoms with Gasteiger partial charge in [-0.2, -0.15) is 0 Å². The molecule has 2 heterocycles. The number of piperazine rings is 1. The van der Waals surface area contributed by atoms with Gasteiger partial charge in [0.05, 0.1) is 12.5 Å². The van der Waals surface area contributed by atoms with E-state index < -0.39 is 11.3 Å². The predicted molar refractivity (Wildman–Crippen MR) is 132 cm³/mol. The van der Waals surface area contributed by atoms with Crippen LogP contribution in [0.15, 0.2) is 54.6 Å². The standard InChI is InChI=1S/C27H31N3O6/c1-35-16-8-13-30-24(32)18-27(26(30)34,21-11-6-7-12-22(21)36-2)17-23(31)28-14-15-29(25(33)19-28)20-9-4-3-5-10-20/h3-7,9-12H,8,13-19H2,1-2H3/t27-/m0/s1. The highest BCUT2D eigenvalue weighted by Crippen LogP contribution is 2.44. The van der Waals surface area contributed by atoms with E-state index in [1.54, 1.807) is 36.3 Å². The number of likely N-dealkylation sites (tertiary alicyclic amines) is 1. The van der Waals surface area contributed by atoms with Crippen molar-refractivity contribution in [1.29, 1.82) is 0 Å². The van der Waals surface area contributed by atoms with Gasteiger partial charge in [0.1, 0.15) is 12.3 Å². The number of methoxy groups -OCH3 is 2. The SMILES string of the molecule is COCCCN1C(=O)C[C@@](CC(=O)N2CCN(c3ccccc3)C(=O)C2)(c2ccccc2OC)C1=O.